The fourth-order valence-corrected chi connectivity index (χ4v) is 2.77. The summed E-state index contributed by atoms with van der Waals surface area (Å²) in [6.45, 7) is 3.57. The molecule has 2 N–H and O–H groups in total. The van der Waals surface area contributed by atoms with Crippen LogP contribution in [0.25, 0.3) is 0 Å². The van der Waals surface area contributed by atoms with E-state index in [1.807, 2.05) is 0 Å². The molecule has 1 aliphatic heterocycles. The fourth-order valence-electron chi connectivity index (χ4n) is 2.27. The van der Waals surface area contributed by atoms with Gasteiger partial charge in [0.1, 0.15) is 0 Å². The van der Waals surface area contributed by atoms with Crippen molar-refractivity contribution in [2.24, 2.45) is 0 Å². The second-order valence-corrected chi connectivity index (χ2v) is 5.57. The molecule has 1 heterocycles. The van der Waals surface area contributed by atoms with E-state index in [1.165, 1.54) is 18.2 Å². The molecule has 1 aromatic carbocycles. The van der Waals surface area contributed by atoms with Gasteiger partial charge in [0.15, 0.2) is 5.11 Å². The molecule has 0 radical (unpaired) electrons. The first-order valence-electron chi connectivity index (χ1n) is 6.74. The molecule has 0 bridgehead atoms. The number of nitrogens with zero attached hydrogens (tertiary/aromatic N) is 1. The lowest BCUT2D eigenvalue weighted by atomic mass is 9.95. The van der Waals surface area contributed by atoms with Crippen molar-refractivity contribution in [3.8, 4) is 0 Å². The molecule has 1 atom stereocenters. The van der Waals surface area contributed by atoms with E-state index in [1.54, 1.807) is 13.8 Å². The van der Waals surface area contributed by atoms with E-state index < -0.39 is 16.9 Å². The third-order valence-electron chi connectivity index (χ3n) is 3.27. The quantitative estimate of drug-likeness (QED) is 0.371. The molecule has 0 spiro atoms. The maximum Gasteiger partial charge on any atom is 0.338 e. The fraction of sp³-hybridized carbons (Fsp3) is 0.286. The van der Waals surface area contributed by atoms with Gasteiger partial charge in [0.25, 0.3) is 5.69 Å². The van der Waals surface area contributed by atoms with Crippen LogP contribution >= 0.6 is 23.8 Å². The lowest BCUT2D eigenvalue weighted by Crippen LogP contribution is -2.45. The van der Waals surface area contributed by atoms with Crippen LogP contribution < -0.4 is 10.6 Å². The molecule has 2 rings (SSSR count). The summed E-state index contributed by atoms with van der Waals surface area (Å²) in [5, 5.41) is 17.3. The van der Waals surface area contributed by atoms with Crippen LogP contribution in [0.2, 0.25) is 5.02 Å². The number of carbonyl (C=O) groups excluding carboxylic acids is 1. The van der Waals surface area contributed by atoms with E-state index in [4.69, 9.17) is 28.6 Å². The summed E-state index contributed by atoms with van der Waals surface area (Å²) >= 11 is 11.3. The standard InChI is InChI=1S/C14H14ClN3O4S/c1-3-22-13(19)11-7(2)16-14(23)17-12(11)9-6-8(18(20)21)4-5-10(9)15/h4-6,12H,3H2,1-2H3,(H2,16,17,23). The Bertz CT molecular complexity index is 720. The van der Waals surface area contributed by atoms with Gasteiger partial charge in [-0.05, 0) is 32.1 Å². The van der Waals surface area contributed by atoms with Crippen LogP contribution in [0.1, 0.15) is 25.5 Å². The number of thiocarbonyl (C=S) groups is 1. The highest BCUT2D eigenvalue weighted by Crippen LogP contribution is 2.34. The van der Waals surface area contributed by atoms with E-state index in [9.17, 15) is 14.9 Å². The van der Waals surface area contributed by atoms with Gasteiger partial charge in [-0.15, -0.1) is 0 Å². The number of ether oxygens (including phenoxy) is 1. The number of nitro groups is 1. The van der Waals surface area contributed by atoms with Gasteiger partial charge in [-0.2, -0.15) is 0 Å². The van der Waals surface area contributed by atoms with Crippen LogP contribution in [-0.2, 0) is 9.53 Å². The third-order valence-corrected chi connectivity index (χ3v) is 3.83. The van der Waals surface area contributed by atoms with Gasteiger partial charge in [0.2, 0.25) is 0 Å². The largest absolute Gasteiger partial charge is 0.463 e. The van der Waals surface area contributed by atoms with Crippen molar-refractivity contribution in [3.63, 3.8) is 0 Å². The van der Waals surface area contributed by atoms with Gasteiger partial charge in [0, 0.05) is 28.4 Å². The molecule has 1 aromatic rings. The van der Waals surface area contributed by atoms with Gasteiger partial charge in [0.05, 0.1) is 23.1 Å². The topological polar surface area (TPSA) is 93.5 Å². The van der Waals surface area contributed by atoms with Gasteiger partial charge < -0.3 is 15.4 Å². The predicted molar refractivity (Wildman–Crippen MR) is 89.0 cm³/mol. The van der Waals surface area contributed by atoms with Crippen LogP contribution in [0.3, 0.4) is 0 Å². The molecule has 0 amide bonds. The minimum Gasteiger partial charge on any atom is -0.463 e. The Morgan fingerprint density at radius 3 is 2.83 bits per heavy atom. The van der Waals surface area contributed by atoms with Crippen LogP contribution in [0.5, 0.6) is 0 Å². The number of carbonyl (C=O) groups is 1. The molecule has 0 aliphatic carbocycles. The van der Waals surface area contributed by atoms with E-state index in [2.05, 4.69) is 10.6 Å². The number of nitrogens with one attached hydrogen (secondary N) is 2. The molecule has 122 valence electrons. The predicted octanol–water partition coefficient (Wildman–Crippen LogP) is 2.60. The molecule has 0 saturated carbocycles. The number of non-ortho nitro benzene ring substituents is 1. The van der Waals surface area contributed by atoms with Gasteiger partial charge >= 0.3 is 5.97 Å². The first-order valence-corrected chi connectivity index (χ1v) is 7.53. The Labute approximate surface area is 142 Å². The van der Waals surface area contributed by atoms with Crippen LogP contribution in [0.4, 0.5) is 5.69 Å². The highest BCUT2D eigenvalue weighted by molar-refractivity contribution is 7.80. The van der Waals surface area contributed by atoms with Crippen molar-refractivity contribution in [1.82, 2.24) is 10.6 Å². The molecule has 0 fully saturated rings. The minimum atomic E-state index is -0.727. The Morgan fingerprint density at radius 2 is 2.22 bits per heavy atom. The van der Waals surface area contributed by atoms with Crippen molar-refractivity contribution in [2.45, 2.75) is 19.9 Å². The van der Waals surface area contributed by atoms with E-state index in [-0.39, 0.29) is 22.9 Å². The monoisotopic (exact) mass is 355 g/mol. The average molecular weight is 356 g/mol. The Balaban J connectivity index is 2.56. The number of rotatable bonds is 4. The Hall–Kier alpha value is -2.19. The molecule has 0 aromatic heterocycles. The molecule has 1 unspecified atom stereocenters. The Morgan fingerprint density at radius 1 is 1.52 bits per heavy atom. The lowest BCUT2D eigenvalue weighted by molar-refractivity contribution is -0.384. The van der Waals surface area contributed by atoms with Gasteiger partial charge in [-0.1, -0.05) is 11.6 Å². The number of allylic oxidation sites excluding steroid dienone is 1. The SMILES string of the molecule is CCOC(=O)C1=C(C)NC(=S)NC1c1cc([N+](=O)[O-])ccc1Cl. The van der Waals surface area contributed by atoms with Crippen molar-refractivity contribution in [2.75, 3.05) is 6.61 Å². The molecule has 1 aliphatic rings. The summed E-state index contributed by atoms with van der Waals surface area (Å²) in [7, 11) is 0. The molecule has 7 nitrogen and oxygen atoms in total. The summed E-state index contributed by atoms with van der Waals surface area (Å²) in [6, 6.07) is 3.31. The zero-order valence-electron chi connectivity index (χ0n) is 12.4. The smallest absolute Gasteiger partial charge is 0.338 e. The van der Waals surface area contributed by atoms with Crippen LogP contribution in [-0.4, -0.2) is 22.6 Å². The van der Waals surface area contributed by atoms with Crippen molar-refractivity contribution >= 4 is 40.6 Å². The maximum atomic E-state index is 12.2. The number of hydrogen-bond acceptors (Lipinski definition) is 5. The van der Waals surface area contributed by atoms with Gasteiger partial charge in [-0.25, -0.2) is 4.79 Å². The van der Waals surface area contributed by atoms with E-state index in [0.717, 1.165) is 0 Å². The summed E-state index contributed by atoms with van der Waals surface area (Å²) in [5.74, 6) is -0.542. The van der Waals surface area contributed by atoms with Crippen LogP contribution in [0.15, 0.2) is 29.5 Å². The molecule has 23 heavy (non-hydrogen) atoms. The molecule has 9 heteroatoms. The summed E-state index contributed by atoms with van der Waals surface area (Å²) in [6.07, 6.45) is 0. The maximum absolute atomic E-state index is 12.2. The molecular formula is C14H14ClN3O4S. The summed E-state index contributed by atoms with van der Waals surface area (Å²) in [5.41, 5.74) is 1.05. The highest BCUT2D eigenvalue weighted by Gasteiger charge is 2.32. The third kappa shape index (κ3) is 3.59. The number of hydrogen-bond donors (Lipinski definition) is 2. The normalized spacial score (nSPS) is 17.3. The second kappa shape index (κ2) is 6.93. The minimum absolute atomic E-state index is 0.128. The lowest BCUT2D eigenvalue weighted by Gasteiger charge is -2.30. The summed E-state index contributed by atoms with van der Waals surface area (Å²) in [4.78, 5) is 22.7. The molecule has 0 saturated heterocycles. The summed E-state index contributed by atoms with van der Waals surface area (Å²) < 4.78 is 5.06. The zero-order valence-corrected chi connectivity index (χ0v) is 14.0. The number of nitro benzene ring substituents is 1. The second-order valence-electron chi connectivity index (χ2n) is 4.75. The van der Waals surface area contributed by atoms with Crippen molar-refractivity contribution in [1.29, 1.82) is 0 Å². The highest BCUT2D eigenvalue weighted by atomic mass is 35.5. The number of halogens is 1. The van der Waals surface area contributed by atoms with E-state index in [0.29, 0.717) is 16.4 Å². The first-order chi connectivity index (χ1) is 10.8. The van der Waals surface area contributed by atoms with Crippen molar-refractivity contribution < 1.29 is 14.5 Å². The number of esters is 1. The molecular weight excluding hydrogens is 342 g/mol. The van der Waals surface area contributed by atoms with Crippen molar-refractivity contribution in [3.05, 3.63) is 50.2 Å². The van der Waals surface area contributed by atoms with E-state index >= 15 is 0 Å². The average Bonchev–Trinajstić information content (AvgIpc) is 2.46. The number of benzene rings is 1. The zero-order chi connectivity index (χ0) is 17.1. The Kier molecular flexibility index (Phi) is 5.17. The first kappa shape index (κ1) is 17.2. The van der Waals surface area contributed by atoms with Crippen LogP contribution in [0, 0.1) is 10.1 Å². The van der Waals surface area contributed by atoms with Gasteiger partial charge in [-0.3, -0.25) is 10.1 Å².